The van der Waals surface area contributed by atoms with Gasteiger partial charge in [-0.15, -0.1) is 0 Å². The first-order chi connectivity index (χ1) is 13.4. The molecule has 0 atom stereocenters. The first-order valence-electron chi connectivity index (χ1n) is 8.66. The van der Waals surface area contributed by atoms with Crippen LogP contribution in [-0.2, 0) is 0 Å². The van der Waals surface area contributed by atoms with E-state index in [1.54, 1.807) is 0 Å². The number of hydrogen-bond acceptors (Lipinski definition) is 5. The fourth-order valence-corrected chi connectivity index (χ4v) is 2.59. The minimum Gasteiger partial charge on any atom is -0.350 e. The quantitative estimate of drug-likeness (QED) is 0.651. The summed E-state index contributed by atoms with van der Waals surface area (Å²) < 4.78 is 27.1. The predicted molar refractivity (Wildman–Crippen MR) is 102 cm³/mol. The molecule has 2 amide bonds. The highest BCUT2D eigenvalue weighted by molar-refractivity contribution is 6.33. The van der Waals surface area contributed by atoms with E-state index >= 15 is 0 Å². The van der Waals surface area contributed by atoms with Gasteiger partial charge in [0, 0.05) is 26.2 Å². The van der Waals surface area contributed by atoms with Gasteiger partial charge in [0.1, 0.15) is 17.2 Å². The predicted octanol–water partition coefficient (Wildman–Crippen LogP) is 2.41. The lowest BCUT2D eigenvalue weighted by Crippen LogP contribution is -2.36. The molecule has 2 aromatic rings. The van der Waals surface area contributed by atoms with Crippen molar-refractivity contribution in [2.45, 2.75) is 13.8 Å². The van der Waals surface area contributed by atoms with Gasteiger partial charge in [-0.05, 0) is 26.0 Å². The summed E-state index contributed by atoms with van der Waals surface area (Å²) in [5, 5.41) is 4.97. The van der Waals surface area contributed by atoms with Crippen LogP contribution in [0, 0.1) is 11.6 Å². The first-order valence-corrected chi connectivity index (χ1v) is 9.04. The topological polar surface area (TPSA) is 87.2 Å². The monoisotopic (exact) mass is 411 g/mol. The molecule has 1 aromatic carbocycles. The van der Waals surface area contributed by atoms with Crippen molar-refractivity contribution in [1.82, 2.24) is 20.6 Å². The minimum atomic E-state index is -0.960. The standard InChI is InChI=1S/C18H20ClF2N5O2/c1-3-26(4-2)18-24-10-11(19)15(25-18)17(28)23-9-8-22-16(27)14-12(20)6-5-7-13(14)21/h5-7,10H,3-4,8-9H2,1-2H3,(H,22,27)(H,23,28). The maximum absolute atomic E-state index is 13.6. The summed E-state index contributed by atoms with van der Waals surface area (Å²) in [6.45, 7) is 5.17. The van der Waals surface area contributed by atoms with Crippen LogP contribution in [0.4, 0.5) is 14.7 Å². The number of nitrogens with one attached hydrogen (secondary N) is 2. The van der Waals surface area contributed by atoms with Gasteiger partial charge in [0.15, 0.2) is 5.69 Å². The Morgan fingerprint density at radius 2 is 1.64 bits per heavy atom. The molecule has 0 aliphatic carbocycles. The summed E-state index contributed by atoms with van der Waals surface area (Å²) in [5.74, 6) is -3.00. The fourth-order valence-electron chi connectivity index (χ4n) is 2.41. The molecule has 1 aromatic heterocycles. The molecule has 7 nitrogen and oxygen atoms in total. The minimum absolute atomic E-state index is 0.00467. The molecule has 0 spiro atoms. The molecule has 2 N–H and O–H groups in total. The van der Waals surface area contributed by atoms with Gasteiger partial charge in [0.25, 0.3) is 11.8 Å². The van der Waals surface area contributed by atoms with Gasteiger partial charge in [0.2, 0.25) is 5.95 Å². The van der Waals surface area contributed by atoms with E-state index in [0.29, 0.717) is 19.0 Å². The lowest BCUT2D eigenvalue weighted by atomic mass is 10.2. The summed E-state index contributed by atoms with van der Waals surface area (Å²) in [4.78, 5) is 34.3. The highest BCUT2D eigenvalue weighted by Crippen LogP contribution is 2.16. The maximum atomic E-state index is 13.6. The van der Waals surface area contributed by atoms with Gasteiger partial charge in [0.05, 0.1) is 11.2 Å². The molecular weight excluding hydrogens is 392 g/mol. The Balaban J connectivity index is 1.94. The molecule has 0 saturated carbocycles. The summed E-state index contributed by atoms with van der Waals surface area (Å²) >= 11 is 6.00. The van der Waals surface area contributed by atoms with E-state index in [2.05, 4.69) is 20.6 Å². The second kappa shape index (κ2) is 9.93. The smallest absolute Gasteiger partial charge is 0.271 e. The van der Waals surface area contributed by atoms with Gasteiger partial charge in [-0.2, -0.15) is 0 Å². The third-order valence-electron chi connectivity index (χ3n) is 3.88. The zero-order valence-electron chi connectivity index (χ0n) is 15.4. The van der Waals surface area contributed by atoms with Gasteiger partial charge in [-0.25, -0.2) is 18.7 Å². The molecule has 0 fully saturated rings. The van der Waals surface area contributed by atoms with Crippen LogP contribution < -0.4 is 15.5 Å². The van der Waals surface area contributed by atoms with Crippen molar-refractivity contribution in [3.8, 4) is 0 Å². The maximum Gasteiger partial charge on any atom is 0.271 e. The van der Waals surface area contributed by atoms with Gasteiger partial charge < -0.3 is 15.5 Å². The molecule has 0 saturated heterocycles. The van der Waals surface area contributed by atoms with E-state index in [-0.39, 0.29) is 23.8 Å². The van der Waals surface area contributed by atoms with E-state index in [4.69, 9.17) is 11.6 Å². The molecule has 0 bridgehead atoms. The molecule has 0 unspecified atom stereocenters. The van der Waals surface area contributed by atoms with Crippen molar-refractivity contribution in [1.29, 1.82) is 0 Å². The van der Waals surface area contributed by atoms with E-state index in [0.717, 1.165) is 12.1 Å². The lowest BCUT2D eigenvalue weighted by molar-refractivity contribution is 0.0920. The second-order valence-corrected chi connectivity index (χ2v) is 6.05. The summed E-state index contributed by atoms with van der Waals surface area (Å²) in [7, 11) is 0. The normalized spacial score (nSPS) is 10.5. The number of rotatable bonds is 8. The number of anilines is 1. The summed E-state index contributed by atoms with van der Waals surface area (Å²) in [5.41, 5.74) is -0.665. The Bertz CT molecular complexity index is 842. The molecule has 0 aliphatic heterocycles. The molecule has 2 rings (SSSR count). The Morgan fingerprint density at radius 3 is 2.21 bits per heavy atom. The van der Waals surface area contributed by atoms with E-state index in [9.17, 15) is 18.4 Å². The molecule has 150 valence electrons. The molecule has 1 heterocycles. The molecule has 10 heteroatoms. The highest BCUT2D eigenvalue weighted by atomic mass is 35.5. The Labute approximate surface area is 166 Å². The van der Waals surface area contributed by atoms with Crippen molar-refractivity contribution >= 4 is 29.4 Å². The van der Waals surface area contributed by atoms with Crippen LogP contribution in [-0.4, -0.2) is 48.0 Å². The Morgan fingerprint density at radius 1 is 1.07 bits per heavy atom. The highest BCUT2D eigenvalue weighted by Gasteiger charge is 2.18. The average Bonchev–Trinajstić information content (AvgIpc) is 2.67. The van der Waals surface area contributed by atoms with Crippen LogP contribution in [0.3, 0.4) is 0 Å². The van der Waals surface area contributed by atoms with Gasteiger partial charge >= 0.3 is 0 Å². The van der Waals surface area contributed by atoms with Crippen LogP contribution in [0.25, 0.3) is 0 Å². The largest absolute Gasteiger partial charge is 0.350 e. The lowest BCUT2D eigenvalue weighted by Gasteiger charge is -2.19. The van der Waals surface area contributed by atoms with Crippen molar-refractivity contribution in [2.24, 2.45) is 0 Å². The van der Waals surface area contributed by atoms with Crippen molar-refractivity contribution in [2.75, 3.05) is 31.1 Å². The number of amides is 2. The van der Waals surface area contributed by atoms with Crippen molar-refractivity contribution in [3.63, 3.8) is 0 Å². The number of nitrogens with zero attached hydrogens (tertiary/aromatic N) is 3. The number of carbonyl (C=O) groups excluding carboxylic acids is 2. The van der Waals surface area contributed by atoms with Crippen LogP contribution in [0.2, 0.25) is 5.02 Å². The third-order valence-corrected chi connectivity index (χ3v) is 4.16. The molecule has 0 aliphatic rings. The van der Waals surface area contributed by atoms with Crippen molar-refractivity contribution in [3.05, 3.63) is 52.3 Å². The molecule has 28 heavy (non-hydrogen) atoms. The summed E-state index contributed by atoms with van der Waals surface area (Å²) in [6.07, 6.45) is 1.35. The first kappa shape index (κ1) is 21.5. The zero-order chi connectivity index (χ0) is 20.7. The van der Waals surface area contributed by atoms with Gasteiger partial charge in [-0.3, -0.25) is 9.59 Å². The van der Waals surface area contributed by atoms with E-state index < -0.39 is 29.0 Å². The van der Waals surface area contributed by atoms with E-state index in [1.165, 1.54) is 12.3 Å². The van der Waals surface area contributed by atoms with Crippen LogP contribution in [0.15, 0.2) is 24.4 Å². The molecule has 0 radical (unpaired) electrons. The number of carbonyl (C=O) groups is 2. The van der Waals surface area contributed by atoms with Crippen LogP contribution >= 0.6 is 11.6 Å². The number of benzene rings is 1. The van der Waals surface area contributed by atoms with E-state index in [1.807, 2.05) is 18.7 Å². The SMILES string of the molecule is CCN(CC)c1ncc(Cl)c(C(=O)NCCNC(=O)c2c(F)cccc2F)n1. The zero-order valence-corrected chi connectivity index (χ0v) is 16.2. The number of hydrogen-bond donors (Lipinski definition) is 2. The third kappa shape index (κ3) is 5.13. The fraction of sp³-hybridized carbons (Fsp3) is 0.333. The Kier molecular flexibility index (Phi) is 7.62. The van der Waals surface area contributed by atoms with Crippen molar-refractivity contribution < 1.29 is 18.4 Å². The number of aromatic nitrogens is 2. The Hall–Kier alpha value is -2.81. The van der Waals surface area contributed by atoms with Crippen LogP contribution in [0.1, 0.15) is 34.7 Å². The molecular formula is C18H20ClF2N5O2. The number of halogens is 3. The summed E-state index contributed by atoms with van der Waals surface area (Å²) in [6, 6.07) is 3.15. The average molecular weight is 412 g/mol. The second-order valence-electron chi connectivity index (χ2n) is 5.65. The van der Waals surface area contributed by atoms with Gasteiger partial charge in [-0.1, -0.05) is 17.7 Å². The van der Waals surface area contributed by atoms with Crippen LogP contribution in [0.5, 0.6) is 0 Å².